The summed E-state index contributed by atoms with van der Waals surface area (Å²) in [4.78, 5) is 35.4. The van der Waals surface area contributed by atoms with Crippen LogP contribution in [0.15, 0.2) is 42.5 Å². The average molecular weight is 389 g/mol. The molecule has 0 heterocycles. The second-order valence-electron chi connectivity index (χ2n) is 5.98. The summed E-state index contributed by atoms with van der Waals surface area (Å²) in [5.74, 6) is -0.754. The molecule has 0 saturated heterocycles. The quantitative estimate of drug-likeness (QED) is 0.589. The molecule has 4 amide bonds. The van der Waals surface area contributed by atoms with Crippen molar-refractivity contribution in [1.82, 2.24) is 10.9 Å². The summed E-state index contributed by atoms with van der Waals surface area (Å²) >= 11 is 5.76. The summed E-state index contributed by atoms with van der Waals surface area (Å²) in [6.07, 6.45) is -0.0584. The highest BCUT2D eigenvalue weighted by atomic mass is 35.5. The molecule has 0 saturated carbocycles. The molecule has 0 bridgehead atoms. The molecule has 0 unspecified atom stereocenters. The number of rotatable bonds is 5. The molecule has 0 aliphatic carbocycles. The highest BCUT2D eigenvalue weighted by molar-refractivity contribution is 6.30. The maximum Gasteiger partial charge on any atom is 0.337 e. The Labute approximate surface area is 162 Å². The van der Waals surface area contributed by atoms with Gasteiger partial charge in [-0.25, -0.2) is 10.2 Å². The number of anilines is 2. The lowest BCUT2D eigenvalue weighted by atomic mass is 10.1. The number of benzene rings is 2. The Bertz CT molecular complexity index is 837. The van der Waals surface area contributed by atoms with Gasteiger partial charge < -0.3 is 10.6 Å². The number of nitrogens with one attached hydrogen (secondary N) is 4. The lowest BCUT2D eigenvalue weighted by Gasteiger charge is -2.10. The van der Waals surface area contributed by atoms with E-state index in [4.69, 9.17) is 11.6 Å². The van der Waals surface area contributed by atoms with Gasteiger partial charge in [0.15, 0.2) is 0 Å². The van der Waals surface area contributed by atoms with Gasteiger partial charge in [-0.1, -0.05) is 17.7 Å². The summed E-state index contributed by atoms with van der Waals surface area (Å²) in [5, 5.41) is 5.82. The van der Waals surface area contributed by atoms with E-state index in [1.165, 1.54) is 0 Å². The SMILES string of the molecule is Cc1ccc(NC(=O)CCC(=O)NNC(=O)Nc2ccc(Cl)cc2)cc1C. The summed E-state index contributed by atoms with van der Waals surface area (Å²) in [5.41, 5.74) is 7.88. The van der Waals surface area contributed by atoms with E-state index in [0.29, 0.717) is 16.4 Å². The molecule has 0 atom stereocenters. The van der Waals surface area contributed by atoms with Gasteiger partial charge in [0, 0.05) is 29.2 Å². The van der Waals surface area contributed by atoms with Crippen molar-refractivity contribution >= 4 is 40.8 Å². The third kappa shape index (κ3) is 6.99. The van der Waals surface area contributed by atoms with Gasteiger partial charge in [-0.15, -0.1) is 0 Å². The van der Waals surface area contributed by atoms with Crippen molar-refractivity contribution in [2.45, 2.75) is 26.7 Å². The molecule has 0 fully saturated rings. The first-order valence-electron chi connectivity index (χ1n) is 8.32. The van der Waals surface area contributed by atoms with E-state index in [-0.39, 0.29) is 18.7 Å². The van der Waals surface area contributed by atoms with E-state index >= 15 is 0 Å². The van der Waals surface area contributed by atoms with Crippen molar-refractivity contribution in [3.63, 3.8) is 0 Å². The fraction of sp³-hybridized carbons (Fsp3) is 0.211. The van der Waals surface area contributed by atoms with Crippen LogP contribution in [0.5, 0.6) is 0 Å². The Balaban J connectivity index is 1.69. The first kappa shape index (κ1) is 20.3. The molecule has 7 nitrogen and oxygen atoms in total. The highest BCUT2D eigenvalue weighted by Crippen LogP contribution is 2.14. The predicted octanol–water partition coefficient (Wildman–Crippen LogP) is 3.53. The maximum absolute atomic E-state index is 11.9. The van der Waals surface area contributed by atoms with Crippen LogP contribution < -0.4 is 21.5 Å². The van der Waals surface area contributed by atoms with Crippen LogP contribution in [0.25, 0.3) is 0 Å². The molecule has 8 heteroatoms. The van der Waals surface area contributed by atoms with Crippen molar-refractivity contribution in [2.75, 3.05) is 10.6 Å². The minimum Gasteiger partial charge on any atom is -0.326 e. The largest absolute Gasteiger partial charge is 0.337 e. The van der Waals surface area contributed by atoms with Crippen molar-refractivity contribution in [3.8, 4) is 0 Å². The minimum atomic E-state index is -0.606. The molecule has 27 heavy (non-hydrogen) atoms. The Morgan fingerprint density at radius 2 is 1.41 bits per heavy atom. The Morgan fingerprint density at radius 3 is 2.07 bits per heavy atom. The molecule has 0 aromatic heterocycles. The monoisotopic (exact) mass is 388 g/mol. The third-order valence-electron chi connectivity index (χ3n) is 3.79. The van der Waals surface area contributed by atoms with Crippen molar-refractivity contribution in [1.29, 1.82) is 0 Å². The Hall–Kier alpha value is -3.06. The van der Waals surface area contributed by atoms with E-state index < -0.39 is 11.9 Å². The van der Waals surface area contributed by atoms with Crippen LogP contribution in [0, 0.1) is 13.8 Å². The van der Waals surface area contributed by atoms with Gasteiger partial charge in [0.2, 0.25) is 11.8 Å². The predicted molar refractivity (Wildman–Crippen MR) is 106 cm³/mol. The number of halogens is 1. The van der Waals surface area contributed by atoms with E-state index in [2.05, 4.69) is 21.5 Å². The van der Waals surface area contributed by atoms with Gasteiger partial charge in [0.25, 0.3) is 0 Å². The zero-order chi connectivity index (χ0) is 19.8. The zero-order valence-corrected chi connectivity index (χ0v) is 15.8. The van der Waals surface area contributed by atoms with Crippen LogP contribution in [-0.2, 0) is 9.59 Å². The molecule has 2 rings (SSSR count). The number of aryl methyl sites for hydroxylation is 2. The summed E-state index contributed by atoms with van der Waals surface area (Å²) in [7, 11) is 0. The van der Waals surface area contributed by atoms with Crippen LogP contribution in [0.2, 0.25) is 5.02 Å². The number of amides is 4. The van der Waals surface area contributed by atoms with E-state index in [0.717, 1.165) is 11.1 Å². The summed E-state index contributed by atoms with van der Waals surface area (Å²) in [6.45, 7) is 3.94. The molecular formula is C19H21ClN4O3. The number of hydrogen-bond acceptors (Lipinski definition) is 3. The molecule has 0 aliphatic rings. The van der Waals surface area contributed by atoms with Gasteiger partial charge in [0.05, 0.1) is 0 Å². The van der Waals surface area contributed by atoms with Crippen molar-refractivity contribution in [3.05, 3.63) is 58.6 Å². The second kappa shape index (κ2) is 9.59. The molecule has 0 spiro atoms. The first-order valence-corrected chi connectivity index (χ1v) is 8.70. The highest BCUT2D eigenvalue weighted by Gasteiger charge is 2.09. The molecule has 0 aliphatic heterocycles. The van der Waals surface area contributed by atoms with Crippen LogP contribution in [-0.4, -0.2) is 17.8 Å². The lowest BCUT2D eigenvalue weighted by molar-refractivity contribution is -0.124. The fourth-order valence-electron chi connectivity index (χ4n) is 2.15. The minimum absolute atomic E-state index is 0.000753. The number of carbonyl (C=O) groups is 3. The number of urea groups is 1. The van der Waals surface area contributed by atoms with E-state index in [9.17, 15) is 14.4 Å². The molecular weight excluding hydrogens is 368 g/mol. The Morgan fingerprint density at radius 1 is 0.778 bits per heavy atom. The van der Waals surface area contributed by atoms with Crippen molar-refractivity contribution < 1.29 is 14.4 Å². The van der Waals surface area contributed by atoms with Gasteiger partial charge >= 0.3 is 6.03 Å². The number of carbonyl (C=O) groups excluding carboxylic acids is 3. The molecule has 0 radical (unpaired) electrons. The van der Waals surface area contributed by atoms with E-state index in [1.54, 1.807) is 24.3 Å². The zero-order valence-electron chi connectivity index (χ0n) is 15.1. The van der Waals surface area contributed by atoms with Gasteiger partial charge in [-0.2, -0.15) is 0 Å². The standard InChI is InChI=1S/C19H21ClN4O3/c1-12-3-6-16(11-13(12)2)21-17(25)9-10-18(26)23-24-19(27)22-15-7-4-14(20)5-8-15/h3-8,11H,9-10H2,1-2H3,(H,21,25)(H,23,26)(H2,22,24,27). The van der Waals surface area contributed by atoms with Gasteiger partial charge in [-0.3, -0.25) is 15.0 Å². The second-order valence-corrected chi connectivity index (χ2v) is 6.42. The molecule has 2 aromatic carbocycles. The van der Waals surface area contributed by atoms with Crippen LogP contribution in [0.3, 0.4) is 0 Å². The maximum atomic E-state index is 11.9. The normalized spacial score (nSPS) is 10.0. The van der Waals surface area contributed by atoms with Gasteiger partial charge in [0.1, 0.15) is 0 Å². The molecule has 2 aromatic rings. The van der Waals surface area contributed by atoms with Crippen LogP contribution in [0.1, 0.15) is 24.0 Å². The van der Waals surface area contributed by atoms with Crippen LogP contribution in [0.4, 0.5) is 16.2 Å². The fourth-order valence-corrected chi connectivity index (χ4v) is 2.28. The van der Waals surface area contributed by atoms with E-state index in [1.807, 2.05) is 32.0 Å². The average Bonchev–Trinajstić information content (AvgIpc) is 2.63. The number of hydrazine groups is 1. The third-order valence-corrected chi connectivity index (χ3v) is 4.04. The van der Waals surface area contributed by atoms with Crippen molar-refractivity contribution in [2.24, 2.45) is 0 Å². The molecule has 142 valence electrons. The smallest absolute Gasteiger partial charge is 0.326 e. The topological polar surface area (TPSA) is 99.3 Å². The first-order chi connectivity index (χ1) is 12.8. The number of hydrogen-bond donors (Lipinski definition) is 4. The summed E-state index contributed by atoms with van der Waals surface area (Å²) in [6, 6.07) is 11.5. The lowest BCUT2D eigenvalue weighted by Crippen LogP contribution is -2.44. The molecule has 4 N–H and O–H groups in total. The van der Waals surface area contributed by atoms with Gasteiger partial charge in [-0.05, 0) is 61.4 Å². The summed E-state index contributed by atoms with van der Waals surface area (Å²) < 4.78 is 0. The Kier molecular flexibility index (Phi) is 7.19. The van der Waals surface area contributed by atoms with Crippen LogP contribution >= 0.6 is 11.6 Å².